The molecule has 6 heteroatoms. The number of H-pyrrole nitrogens is 1. The van der Waals surface area contributed by atoms with E-state index in [9.17, 15) is 4.79 Å². The smallest absolute Gasteiger partial charge is 0.246 e. The lowest BCUT2D eigenvalue weighted by Gasteiger charge is -2.14. The largest absolute Gasteiger partial charge is 0.392 e. The predicted octanol–water partition coefficient (Wildman–Crippen LogP) is 2.68. The first kappa shape index (κ1) is 17.4. The summed E-state index contributed by atoms with van der Waals surface area (Å²) in [5.74, 6) is -0.00964. The Hall–Kier alpha value is -1.92. The van der Waals surface area contributed by atoms with Crippen molar-refractivity contribution in [3.63, 3.8) is 0 Å². The van der Waals surface area contributed by atoms with Crippen molar-refractivity contribution in [1.29, 1.82) is 0 Å². The van der Waals surface area contributed by atoms with Gasteiger partial charge in [0.15, 0.2) is 0 Å². The molecule has 0 aliphatic heterocycles. The van der Waals surface area contributed by atoms with E-state index in [1.54, 1.807) is 17.1 Å². The molecule has 0 radical (unpaired) electrons. The van der Waals surface area contributed by atoms with Crippen molar-refractivity contribution >= 4 is 23.3 Å². The number of nitrogens with one attached hydrogen (secondary N) is 1. The first-order valence-corrected chi connectivity index (χ1v) is 8.51. The average Bonchev–Trinajstić information content (AvgIpc) is 3.13. The molecule has 124 valence electrons. The van der Waals surface area contributed by atoms with Crippen molar-refractivity contribution in [2.24, 2.45) is 0 Å². The zero-order chi connectivity index (χ0) is 16.8. The van der Waals surface area contributed by atoms with Gasteiger partial charge in [-0.2, -0.15) is 5.10 Å². The average molecular weight is 333 g/mol. The number of carbonyl (C=O) groups is 1. The van der Waals surface area contributed by atoms with Crippen molar-refractivity contribution in [3.8, 4) is 0 Å². The van der Waals surface area contributed by atoms with Gasteiger partial charge < -0.3 is 10.0 Å². The molecule has 0 aromatic carbocycles. The number of hydrogen-bond acceptors (Lipinski definition) is 4. The second-order valence-electron chi connectivity index (χ2n) is 5.62. The number of aliphatic hydroxyl groups excluding tert-OH is 1. The number of hydrogen-bond donors (Lipinski definition) is 2. The topological polar surface area (TPSA) is 69.2 Å². The highest BCUT2D eigenvalue weighted by Gasteiger charge is 2.08. The van der Waals surface area contributed by atoms with Crippen molar-refractivity contribution in [1.82, 2.24) is 15.1 Å². The van der Waals surface area contributed by atoms with Crippen LogP contribution >= 0.6 is 11.3 Å². The quantitative estimate of drug-likeness (QED) is 0.766. The van der Waals surface area contributed by atoms with Gasteiger partial charge in [0.05, 0.1) is 12.3 Å². The van der Waals surface area contributed by atoms with Crippen molar-refractivity contribution in [2.45, 2.75) is 33.3 Å². The standard InChI is InChI=1S/C17H23N3O2S/c1-12-16(13(2)19-18-12)5-4-8-20(3)17(22)7-6-15-9-14(10-21)11-23-15/h6-7,9,11,21H,4-5,8,10H2,1-3H3,(H,18,19)/b7-6+. The van der Waals surface area contributed by atoms with Crippen LogP contribution in [0.15, 0.2) is 17.5 Å². The Labute approximate surface area is 140 Å². The molecule has 0 spiro atoms. The minimum absolute atomic E-state index is 0.00964. The molecule has 5 nitrogen and oxygen atoms in total. The van der Waals surface area contributed by atoms with Crippen LogP contribution in [0.3, 0.4) is 0 Å². The van der Waals surface area contributed by atoms with E-state index in [0.717, 1.165) is 34.7 Å². The van der Waals surface area contributed by atoms with E-state index in [2.05, 4.69) is 10.2 Å². The predicted molar refractivity (Wildman–Crippen MR) is 93.3 cm³/mol. The Balaban J connectivity index is 1.80. The molecule has 0 fully saturated rings. The molecular weight excluding hydrogens is 310 g/mol. The normalized spacial score (nSPS) is 11.3. The van der Waals surface area contributed by atoms with Crippen LogP contribution in [-0.4, -0.2) is 39.7 Å². The SMILES string of the molecule is Cc1n[nH]c(C)c1CCCN(C)C(=O)/C=C/c1cc(CO)cs1. The molecular formula is C17H23N3O2S. The summed E-state index contributed by atoms with van der Waals surface area (Å²) in [4.78, 5) is 14.8. The molecule has 0 saturated heterocycles. The fourth-order valence-corrected chi connectivity index (χ4v) is 3.19. The molecule has 1 amide bonds. The summed E-state index contributed by atoms with van der Waals surface area (Å²) in [5, 5.41) is 18.1. The molecule has 2 rings (SSSR count). The van der Waals surface area contributed by atoms with Crippen molar-refractivity contribution in [2.75, 3.05) is 13.6 Å². The molecule has 2 aromatic heterocycles. The van der Waals surface area contributed by atoms with Crippen molar-refractivity contribution < 1.29 is 9.90 Å². The molecule has 0 saturated carbocycles. The van der Waals surface area contributed by atoms with Crippen LogP contribution in [0, 0.1) is 13.8 Å². The lowest BCUT2D eigenvalue weighted by atomic mass is 10.1. The van der Waals surface area contributed by atoms with Gasteiger partial charge in [-0.3, -0.25) is 9.89 Å². The van der Waals surface area contributed by atoms with E-state index >= 15 is 0 Å². The number of nitrogens with zero attached hydrogens (tertiary/aromatic N) is 2. The Bertz CT molecular complexity index is 668. The van der Waals surface area contributed by atoms with Crippen LogP contribution in [0.5, 0.6) is 0 Å². The van der Waals surface area contributed by atoms with E-state index in [-0.39, 0.29) is 12.5 Å². The molecule has 2 aromatic rings. The number of aliphatic hydroxyl groups is 1. The minimum atomic E-state index is -0.00964. The molecule has 0 aliphatic carbocycles. The molecule has 0 atom stereocenters. The molecule has 0 bridgehead atoms. The second kappa shape index (κ2) is 8.08. The highest BCUT2D eigenvalue weighted by atomic mass is 32.1. The molecule has 2 N–H and O–H groups in total. The fraction of sp³-hybridized carbons (Fsp3) is 0.412. The maximum absolute atomic E-state index is 12.1. The van der Waals surface area contributed by atoms with Crippen LogP contribution < -0.4 is 0 Å². The lowest BCUT2D eigenvalue weighted by molar-refractivity contribution is -0.124. The highest BCUT2D eigenvalue weighted by Crippen LogP contribution is 2.16. The lowest BCUT2D eigenvalue weighted by Crippen LogP contribution is -2.26. The number of amides is 1. The molecule has 0 aliphatic rings. The number of aryl methyl sites for hydroxylation is 2. The number of rotatable bonds is 7. The van der Waals surface area contributed by atoms with Gasteiger partial charge >= 0.3 is 0 Å². The summed E-state index contributed by atoms with van der Waals surface area (Å²) in [5.41, 5.74) is 4.26. The maximum Gasteiger partial charge on any atom is 0.246 e. The number of carbonyl (C=O) groups excluding carboxylic acids is 1. The number of likely N-dealkylation sites (N-methyl/N-ethyl adjacent to an activating group) is 1. The molecule has 2 heterocycles. The maximum atomic E-state index is 12.1. The Morgan fingerprint density at radius 3 is 2.87 bits per heavy atom. The number of aromatic amines is 1. The van der Waals surface area contributed by atoms with Gasteiger partial charge in [-0.15, -0.1) is 11.3 Å². The summed E-state index contributed by atoms with van der Waals surface area (Å²) in [6, 6.07) is 1.89. The third-order valence-corrected chi connectivity index (χ3v) is 4.77. The summed E-state index contributed by atoms with van der Waals surface area (Å²) < 4.78 is 0. The van der Waals surface area contributed by atoms with Crippen LogP contribution in [-0.2, 0) is 17.8 Å². The van der Waals surface area contributed by atoms with Gasteiger partial charge in [0.25, 0.3) is 0 Å². The van der Waals surface area contributed by atoms with Gasteiger partial charge in [-0.25, -0.2) is 0 Å². The van der Waals surface area contributed by atoms with Crippen molar-refractivity contribution in [3.05, 3.63) is 44.9 Å². The van der Waals surface area contributed by atoms with E-state index in [0.29, 0.717) is 6.54 Å². The summed E-state index contributed by atoms with van der Waals surface area (Å²) in [6.07, 6.45) is 5.21. The number of aromatic nitrogens is 2. The third-order valence-electron chi connectivity index (χ3n) is 3.82. The Kier molecular flexibility index (Phi) is 6.12. The second-order valence-corrected chi connectivity index (χ2v) is 6.57. The summed E-state index contributed by atoms with van der Waals surface area (Å²) in [7, 11) is 1.81. The monoisotopic (exact) mass is 333 g/mol. The van der Waals surface area contributed by atoms with Crippen LogP contribution in [0.25, 0.3) is 6.08 Å². The fourth-order valence-electron chi connectivity index (χ4n) is 2.39. The minimum Gasteiger partial charge on any atom is -0.392 e. The van der Waals surface area contributed by atoms with Crippen LogP contribution in [0.2, 0.25) is 0 Å². The summed E-state index contributed by atoms with van der Waals surface area (Å²) in [6.45, 7) is 4.76. The Morgan fingerprint density at radius 1 is 1.48 bits per heavy atom. The van der Waals surface area contributed by atoms with Gasteiger partial charge in [0.2, 0.25) is 5.91 Å². The van der Waals surface area contributed by atoms with E-state index in [1.807, 2.05) is 32.3 Å². The van der Waals surface area contributed by atoms with Crippen LogP contribution in [0.4, 0.5) is 0 Å². The first-order valence-electron chi connectivity index (χ1n) is 7.63. The first-order chi connectivity index (χ1) is 11.0. The zero-order valence-electron chi connectivity index (χ0n) is 13.8. The number of thiophene rings is 1. The van der Waals surface area contributed by atoms with E-state index in [4.69, 9.17) is 5.11 Å². The summed E-state index contributed by atoms with van der Waals surface area (Å²) >= 11 is 1.52. The van der Waals surface area contributed by atoms with Gasteiger partial charge in [0.1, 0.15) is 0 Å². The molecule has 0 unspecified atom stereocenters. The van der Waals surface area contributed by atoms with E-state index < -0.39 is 0 Å². The van der Waals surface area contributed by atoms with Gasteiger partial charge in [0, 0.05) is 30.2 Å². The van der Waals surface area contributed by atoms with Gasteiger partial charge in [-0.05, 0) is 55.3 Å². The van der Waals surface area contributed by atoms with E-state index in [1.165, 1.54) is 16.9 Å². The molecule has 23 heavy (non-hydrogen) atoms. The van der Waals surface area contributed by atoms with Crippen LogP contribution in [0.1, 0.15) is 33.8 Å². The highest BCUT2D eigenvalue weighted by molar-refractivity contribution is 7.11. The zero-order valence-corrected chi connectivity index (χ0v) is 14.6. The Morgan fingerprint density at radius 2 is 2.26 bits per heavy atom. The third kappa shape index (κ3) is 4.77. The van der Waals surface area contributed by atoms with Gasteiger partial charge in [-0.1, -0.05) is 0 Å².